The van der Waals surface area contributed by atoms with Crippen LogP contribution in [0, 0.1) is 0 Å². The average molecular weight is 282 g/mol. The zero-order valence-electron chi connectivity index (χ0n) is 11.9. The second-order valence-corrected chi connectivity index (χ2v) is 5.79. The van der Waals surface area contributed by atoms with Gasteiger partial charge in [0.1, 0.15) is 5.69 Å². The molecule has 4 heteroatoms. The van der Waals surface area contributed by atoms with E-state index in [-0.39, 0.29) is 18.1 Å². The van der Waals surface area contributed by atoms with Crippen LogP contribution in [0.4, 0.5) is 0 Å². The molecule has 1 aliphatic heterocycles. The number of ether oxygens (including phenoxy) is 1. The maximum Gasteiger partial charge on any atom is 0.273 e. The summed E-state index contributed by atoms with van der Waals surface area (Å²) in [5, 5.41) is 2.00. The number of benzene rings is 1. The largest absolute Gasteiger partial charge is 0.374 e. The van der Waals surface area contributed by atoms with E-state index in [1.807, 2.05) is 35.2 Å². The van der Waals surface area contributed by atoms with Crippen molar-refractivity contribution >= 4 is 16.7 Å². The van der Waals surface area contributed by atoms with Crippen LogP contribution in [-0.4, -0.2) is 41.1 Å². The summed E-state index contributed by atoms with van der Waals surface area (Å²) in [6.07, 6.45) is 5.20. The maximum atomic E-state index is 13.0. The highest BCUT2D eigenvalue weighted by molar-refractivity contribution is 6.05. The Morgan fingerprint density at radius 1 is 1.24 bits per heavy atom. The molecule has 2 aromatic rings. The fourth-order valence-electron chi connectivity index (χ4n) is 3.60. The molecule has 4 nitrogen and oxygen atoms in total. The van der Waals surface area contributed by atoms with Crippen molar-refractivity contribution in [1.82, 2.24) is 9.88 Å². The summed E-state index contributed by atoms with van der Waals surface area (Å²) in [6.45, 7) is 1.31. The number of pyridine rings is 1. The molecule has 0 spiro atoms. The predicted molar refractivity (Wildman–Crippen MR) is 80.2 cm³/mol. The zero-order chi connectivity index (χ0) is 14.2. The zero-order valence-corrected chi connectivity index (χ0v) is 11.9. The van der Waals surface area contributed by atoms with Crippen molar-refractivity contribution in [3.8, 4) is 0 Å². The van der Waals surface area contributed by atoms with Crippen molar-refractivity contribution in [2.45, 2.75) is 31.4 Å². The topological polar surface area (TPSA) is 42.4 Å². The van der Waals surface area contributed by atoms with E-state index >= 15 is 0 Å². The summed E-state index contributed by atoms with van der Waals surface area (Å²) in [7, 11) is 0. The molecule has 1 aromatic carbocycles. The monoisotopic (exact) mass is 282 g/mol. The molecule has 2 aliphatic rings. The van der Waals surface area contributed by atoms with Crippen molar-refractivity contribution in [2.75, 3.05) is 13.2 Å². The first kappa shape index (κ1) is 12.8. The lowest BCUT2D eigenvalue weighted by Gasteiger charge is -2.37. The van der Waals surface area contributed by atoms with Crippen molar-refractivity contribution in [3.63, 3.8) is 0 Å². The number of rotatable bonds is 1. The number of nitrogens with zero attached hydrogens (tertiary/aromatic N) is 2. The first-order valence-electron chi connectivity index (χ1n) is 7.61. The Hall–Kier alpha value is -1.94. The SMILES string of the molecule is O=C(c1nccc2ccccc12)N1CCO[C@@H]2CCC[C@H]21. The summed E-state index contributed by atoms with van der Waals surface area (Å²) in [6, 6.07) is 10.1. The first-order chi connectivity index (χ1) is 10.3. The highest BCUT2D eigenvalue weighted by atomic mass is 16.5. The van der Waals surface area contributed by atoms with Crippen LogP contribution in [0.2, 0.25) is 0 Å². The Balaban J connectivity index is 1.73. The van der Waals surface area contributed by atoms with E-state index in [1.165, 1.54) is 0 Å². The van der Waals surface area contributed by atoms with Gasteiger partial charge >= 0.3 is 0 Å². The third kappa shape index (κ3) is 2.10. The van der Waals surface area contributed by atoms with Gasteiger partial charge in [0.25, 0.3) is 5.91 Å². The fourth-order valence-corrected chi connectivity index (χ4v) is 3.60. The van der Waals surface area contributed by atoms with Crippen LogP contribution in [0.25, 0.3) is 10.8 Å². The van der Waals surface area contributed by atoms with Gasteiger partial charge in [-0.2, -0.15) is 0 Å². The number of carbonyl (C=O) groups excluding carboxylic acids is 1. The van der Waals surface area contributed by atoms with Gasteiger partial charge < -0.3 is 9.64 Å². The second-order valence-electron chi connectivity index (χ2n) is 5.79. The van der Waals surface area contributed by atoms with Crippen LogP contribution in [0.1, 0.15) is 29.8 Å². The molecule has 1 amide bonds. The first-order valence-corrected chi connectivity index (χ1v) is 7.61. The smallest absolute Gasteiger partial charge is 0.273 e. The number of morpholine rings is 1. The van der Waals surface area contributed by atoms with E-state index in [0.717, 1.165) is 30.0 Å². The molecule has 0 unspecified atom stereocenters. The molecule has 0 radical (unpaired) electrons. The molecule has 1 aromatic heterocycles. The molecule has 1 aliphatic carbocycles. The molecule has 4 rings (SSSR count). The van der Waals surface area contributed by atoms with Crippen LogP contribution in [-0.2, 0) is 4.74 Å². The molecule has 2 fully saturated rings. The average Bonchev–Trinajstić information content (AvgIpc) is 3.02. The van der Waals surface area contributed by atoms with Gasteiger partial charge in [-0.1, -0.05) is 24.3 Å². The lowest BCUT2D eigenvalue weighted by atomic mass is 10.1. The van der Waals surface area contributed by atoms with Gasteiger partial charge in [0.15, 0.2) is 0 Å². The highest BCUT2D eigenvalue weighted by Gasteiger charge is 2.39. The minimum Gasteiger partial charge on any atom is -0.374 e. The van der Waals surface area contributed by atoms with Crippen LogP contribution >= 0.6 is 0 Å². The van der Waals surface area contributed by atoms with Crippen LogP contribution in [0.5, 0.6) is 0 Å². The molecule has 0 bridgehead atoms. The van der Waals surface area contributed by atoms with Crippen molar-refractivity contribution in [1.29, 1.82) is 0 Å². The Morgan fingerprint density at radius 2 is 2.14 bits per heavy atom. The third-order valence-corrected chi connectivity index (χ3v) is 4.62. The van der Waals surface area contributed by atoms with Crippen LogP contribution < -0.4 is 0 Å². The van der Waals surface area contributed by atoms with E-state index in [1.54, 1.807) is 6.20 Å². The summed E-state index contributed by atoms with van der Waals surface area (Å²) in [5.41, 5.74) is 0.570. The molecule has 1 saturated carbocycles. The van der Waals surface area contributed by atoms with E-state index in [0.29, 0.717) is 18.8 Å². The molecule has 1 saturated heterocycles. The molecular formula is C17H18N2O2. The van der Waals surface area contributed by atoms with Gasteiger partial charge in [-0.3, -0.25) is 9.78 Å². The van der Waals surface area contributed by atoms with Crippen molar-refractivity contribution in [3.05, 3.63) is 42.2 Å². The van der Waals surface area contributed by atoms with Gasteiger partial charge in [-0.15, -0.1) is 0 Å². The van der Waals surface area contributed by atoms with Gasteiger partial charge in [0.05, 0.1) is 18.8 Å². The van der Waals surface area contributed by atoms with Crippen LogP contribution in [0.3, 0.4) is 0 Å². The van der Waals surface area contributed by atoms with Gasteiger partial charge in [0, 0.05) is 18.1 Å². The number of aromatic nitrogens is 1. The Labute approximate surface area is 123 Å². The summed E-state index contributed by atoms with van der Waals surface area (Å²) in [5.74, 6) is 0.0481. The number of hydrogen-bond donors (Lipinski definition) is 0. The normalized spacial score (nSPS) is 25.0. The Bertz CT molecular complexity index is 680. The summed E-state index contributed by atoms with van der Waals surface area (Å²) >= 11 is 0. The highest BCUT2D eigenvalue weighted by Crippen LogP contribution is 2.31. The molecule has 0 N–H and O–H groups in total. The van der Waals surface area contributed by atoms with E-state index in [9.17, 15) is 4.79 Å². The Kier molecular flexibility index (Phi) is 3.11. The fraction of sp³-hybridized carbons (Fsp3) is 0.412. The molecule has 2 heterocycles. The summed E-state index contributed by atoms with van der Waals surface area (Å²) in [4.78, 5) is 19.3. The van der Waals surface area contributed by atoms with Gasteiger partial charge in [0.2, 0.25) is 0 Å². The summed E-state index contributed by atoms with van der Waals surface area (Å²) < 4.78 is 5.79. The maximum absolute atomic E-state index is 13.0. The lowest BCUT2D eigenvalue weighted by Crippen LogP contribution is -2.51. The van der Waals surface area contributed by atoms with Gasteiger partial charge in [-0.25, -0.2) is 0 Å². The molecule has 108 valence electrons. The second kappa shape index (κ2) is 5.11. The predicted octanol–water partition coefficient (Wildman–Crippen LogP) is 2.63. The minimum absolute atomic E-state index is 0.0481. The van der Waals surface area contributed by atoms with E-state index in [2.05, 4.69) is 4.98 Å². The van der Waals surface area contributed by atoms with Crippen molar-refractivity contribution < 1.29 is 9.53 Å². The molecule has 2 atom stereocenters. The van der Waals surface area contributed by atoms with Gasteiger partial charge in [-0.05, 0) is 30.7 Å². The van der Waals surface area contributed by atoms with Crippen molar-refractivity contribution in [2.24, 2.45) is 0 Å². The standard InChI is InChI=1S/C17H18N2O2/c20-17(19-10-11-21-15-7-3-6-14(15)19)16-13-5-2-1-4-12(13)8-9-18-16/h1-2,4-5,8-9,14-15H,3,6-7,10-11H2/t14-,15-/m1/s1. The molecule has 21 heavy (non-hydrogen) atoms. The Morgan fingerprint density at radius 3 is 3.10 bits per heavy atom. The van der Waals surface area contributed by atoms with Crippen LogP contribution in [0.15, 0.2) is 36.5 Å². The molecular weight excluding hydrogens is 264 g/mol. The quantitative estimate of drug-likeness (QED) is 0.807. The number of carbonyl (C=O) groups is 1. The van der Waals surface area contributed by atoms with E-state index < -0.39 is 0 Å². The number of fused-ring (bicyclic) bond motifs is 2. The lowest BCUT2D eigenvalue weighted by molar-refractivity contribution is -0.0446. The number of amides is 1. The van der Waals surface area contributed by atoms with E-state index in [4.69, 9.17) is 4.74 Å². The minimum atomic E-state index is 0.0481. The number of hydrogen-bond acceptors (Lipinski definition) is 3. The third-order valence-electron chi connectivity index (χ3n) is 4.62.